The summed E-state index contributed by atoms with van der Waals surface area (Å²) in [5.41, 5.74) is 0.776. The molecule has 2 aromatic rings. The van der Waals surface area contributed by atoms with Gasteiger partial charge in [0.05, 0.1) is 19.2 Å². The van der Waals surface area contributed by atoms with Crippen LogP contribution in [0.1, 0.15) is 30.3 Å². The number of hydrogen-bond acceptors (Lipinski definition) is 5. The third-order valence-electron chi connectivity index (χ3n) is 4.56. The predicted molar refractivity (Wildman–Crippen MR) is 91.6 cm³/mol. The van der Waals surface area contributed by atoms with Crippen molar-refractivity contribution in [3.8, 4) is 17.4 Å². The van der Waals surface area contributed by atoms with Crippen LogP contribution < -0.4 is 0 Å². The molecule has 1 aromatic heterocycles. The van der Waals surface area contributed by atoms with Crippen molar-refractivity contribution in [1.29, 1.82) is 5.26 Å². The number of nitrogens with zero attached hydrogens (tertiary/aromatic N) is 3. The van der Waals surface area contributed by atoms with Gasteiger partial charge in [-0.1, -0.05) is 0 Å². The summed E-state index contributed by atoms with van der Waals surface area (Å²) in [5, 5.41) is 8.78. The molecule has 1 aliphatic rings. The number of hydrogen-bond donors (Lipinski definition) is 0. The van der Waals surface area contributed by atoms with Crippen molar-refractivity contribution in [1.82, 2.24) is 9.88 Å². The summed E-state index contributed by atoms with van der Waals surface area (Å²) in [6.07, 6.45) is -2.97. The Morgan fingerprint density at radius 1 is 1.21 bits per heavy atom. The molecule has 28 heavy (non-hydrogen) atoms. The van der Waals surface area contributed by atoms with Crippen LogP contribution in [0, 0.1) is 17.1 Å². The van der Waals surface area contributed by atoms with Gasteiger partial charge in [-0.05, 0) is 50.2 Å². The van der Waals surface area contributed by atoms with Gasteiger partial charge in [0, 0.05) is 11.5 Å². The highest BCUT2D eigenvalue weighted by Gasteiger charge is 2.29. The third-order valence-corrected chi connectivity index (χ3v) is 4.56. The number of aromatic nitrogens is 1. The van der Waals surface area contributed by atoms with Gasteiger partial charge in [0.1, 0.15) is 18.1 Å². The Kier molecular flexibility index (Phi) is 6.31. The first-order chi connectivity index (χ1) is 13.4. The van der Waals surface area contributed by atoms with Crippen LogP contribution in [0.4, 0.5) is 17.6 Å². The lowest BCUT2D eigenvalue weighted by atomic mass is 9.97. The van der Waals surface area contributed by atoms with E-state index in [1.807, 2.05) is 4.90 Å². The van der Waals surface area contributed by atoms with Gasteiger partial charge in [0.25, 0.3) is 0 Å². The lowest BCUT2D eigenvalue weighted by molar-refractivity contribution is -0.176. The topological polar surface area (TPSA) is 62.3 Å². The molecule has 0 saturated carbocycles. The summed E-state index contributed by atoms with van der Waals surface area (Å²) in [7, 11) is 0. The lowest BCUT2D eigenvalue weighted by Gasteiger charge is -2.28. The van der Waals surface area contributed by atoms with E-state index in [4.69, 9.17) is 14.4 Å². The highest BCUT2D eigenvalue weighted by atomic mass is 19.4. The number of oxazole rings is 1. The van der Waals surface area contributed by atoms with Gasteiger partial charge in [-0.25, -0.2) is 9.37 Å². The Hall–Kier alpha value is -2.44. The number of likely N-dealkylation sites (tertiary alicyclic amines) is 1. The molecular formula is C19H19F4N3O2. The highest BCUT2D eigenvalue weighted by molar-refractivity contribution is 5.59. The van der Waals surface area contributed by atoms with E-state index in [0.717, 1.165) is 12.8 Å². The second-order valence-electron chi connectivity index (χ2n) is 6.65. The van der Waals surface area contributed by atoms with Crippen molar-refractivity contribution < 1.29 is 26.7 Å². The largest absolute Gasteiger partial charge is 0.440 e. The van der Waals surface area contributed by atoms with Crippen LogP contribution in [0.25, 0.3) is 11.3 Å². The number of piperidine rings is 1. The van der Waals surface area contributed by atoms with Crippen molar-refractivity contribution in [3.63, 3.8) is 0 Å². The summed E-state index contributed by atoms with van der Waals surface area (Å²) in [5.74, 6) is 0.298. The number of halogens is 4. The Labute approximate surface area is 159 Å². The second kappa shape index (κ2) is 8.71. The summed E-state index contributed by atoms with van der Waals surface area (Å²) in [4.78, 5) is 6.41. The molecular weight excluding hydrogens is 378 g/mol. The summed E-state index contributed by atoms with van der Waals surface area (Å²) in [6.45, 7) is 0.0437. The minimum absolute atomic E-state index is 0.00510. The first-order valence-corrected chi connectivity index (χ1v) is 8.85. The maximum atomic E-state index is 13.2. The van der Waals surface area contributed by atoms with Gasteiger partial charge >= 0.3 is 6.18 Å². The molecule has 9 heteroatoms. The van der Waals surface area contributed by atoms with Crippen molar-refractivity contribution >= 4 is 0 Å². The van der Waals surface area contributed by atoms with Crippen molar-refractivity contribution in [2.75, 3.05) is 26.2 Å². The molecule has 1 saturated heterocycles. The van der Waals surface area contributed by atoms with Gasteiger partial charge in [-0.2, -0.15) is 18.4 Å². The maximum absolute atomic E-state index is 13.2. The van der Waals surface area contributed by atoms with E-state index in [2.05, 4.69) is 11.1 Å². The zero-order valence-corrected chi connectivity index (χ0v) is 15.0. The van der Waals surface area contributed by atoms with Crippen LogP contribution >= 0.6 is 0 Å². The molecule has 0 bridgehead atoms. The zero-order chi connectivity index (χ0) is 20.1. The van der Waals surface area contributed by atoms with Gasteiger partial charge in [0.15, 0.2) is 11.7 Å². The minimum Gasteiger partial charge on any atom is -0.440 e. The van der Waals surface area contributed by atoms with Crippen LogP contribution in [0.3, 0.4) is 0 Å². The second-order valence-corrected chi connectivity index (χ2v) is 6.65. The molecule has 0 radical (unpaired) electrons. The van der Waals surface area contributed by atoms with Gasteiger partial charge in [-0.3, -0.25) is 4.90 Å². The van der Waals surface area contributed by atoms with E-state index in [-0.39, 0.29) is 24.0 Å². The average molecular weight is 397 g/mol. The van der Waals surface area contributed by atoms with Crippen molar-refractivity contribution in [3.05, 3.63) is 41.7 Å². The molecule has 1 aliphatic heterocycles. The van der Waals surface area contributed by atoms with Gasteiger partial charge < -0.3 is 9.15 Å². The number of ether oxygens (including phenoxy) is 1. The molecule has 3 rings (SSSR count). The Balaban J connectivity index is 1.79. The molecule has 0 atom stereocenters. The molecule has 0 unspecified atom stereocenters. The fourth-order valence-corrected chi connectivity index (χ4v) is 3.17. The first kappa shape index (κ1) is 20.3. The minimum atomic E-state index is -4.43. The Bertz CT molecular complexity index is 819. The van der Waals surface area contributed by atoms with Crippen LogP contribution in [-0.2, 0) is 11.3 Å². The summed E-state index contributed by atoms with van der Waals surface area (Å²) in [6, 6.07) is 7.59. The van der Waals surface area contributed by atoms with Crippen LogP contribution in [0.5, 0.6) is 0 Å². The van der Waals surface area contributed by atoms with Crippen molar-refractivity contribution in [2.24, 2.45) is 0 Å². The molecule has 2 heterocycles. The van der Waals surface area contributed by atoms with E-state index in [9.17, 15) is 17.6 Å². The third kappa shape index (κ3) is 5.30. The predicted octanol–water partition coefficient (Wildman–Crippen LogP) is 4.26. The van der Waals surface area contributed by atoms with Crippen LogP contribution in [0.15, 0.2) is 28.7 Å². The number of rotatable bonds is 6. The summed E-state index contributed by atoms with van der Waals surface area (Å²) < 4.78 is 61.0. The van der Waals surface area contributed by atoms with Gasteiger partial charge in [-0.15, -0.1) is 0 Å². The van der Waals surface area contributed by atoms with Gasteiger partial charge in [0.2, 0.25) is 0 Å². The molecule has 0 spiro atoms. The smallest absolute Gasteiger partial charge is 0.411 e. The molecule has 5 nitrogen and oxygen atoms in total. The maximum Gasteiger partial charge on any atom is 0.411 e. The molecule has 0 N–H and O–H groups in total. The Morgan fingerprint density at radius 2 is 1.89 bits per heavy atom. The standard InChI is InChI=1S/C19H19F4N3O2/c20-15-3-1-13(2-4-15)17-16(11-27-12-19(21,22)23)25-18(28-17)14-5-8-26(9-6-14)10-7-24/h1-4,14H,5-6,8-12H2. The van der Waals surface area contributed by atoms with E-state index >= 15 is 0 Å². The lowest BCUT2D eigenvalue weighted by Crippen LogP contribution is -2.33. The quantitative estimate of drug-likeness (QED) is 0.538. The number of nitriles is 1. The average Bonchev–Trinajstić information content (AvgIpc) is 3.06. The molecule has 1 fully saturated rings. The fraction of sp³-hybridized carbons (Fsp3) is 0.474. The number of alkyl halides is 3. The molecule has 0 aliphatic carbocycles. The van der Waals surface area contributed by atoms with Crippen LogP contribution in [-0.4, -0.2) is 42.3 Å². The SMILES string of the molecule is N#CCN1CCC(c2nc(COCC(F)(F)F)c(-c3ccc(F)cc3)o2)CC1. The monoisotopic (exact) mass is 397 g/mol. The van der Waals surface area contributed by atoms with E-state index in [0.29, 0.717) is 31.1 Å². The number of benzene rings is 1. The van der Waals surface area contributed by atoms with E-state index in [1.165, 1.54) is 24.3 Å². The first-order valence-electron chi connectivity index (χ1n) is 8.85. The van der Waals surface area contributed by atoms with Crippen molar-refractivity contribution in [2.45, 2.75) is 31.5 Å². The fourth-order valence-electron chi connectivity index (χ4n) is 3.17. The van der Waals surface area contributed by atoms with E-state index < -0.39 is 18.6 Å². The molecule has 150 valence electrons. The molecule has 1 aromatic carbocycles. The highest BCUT2D eigenvalue weighted by Crippen LogP contribution is 2.33. The van der Waals surface area contributed by atoms with E-state index in [1.54, 1.807) is 0 Å². The summed E-state index contributed by atoms with van der Waals surface area (Å²) >= 11 is 0. The molecule has 0 amide bonds. The Morgan fingerprint density at radius 3 is 2.50 bits per heavy atom. The zero-order valence-electron chi connectivity index (χ0n) is 15.0. The van der Waals surface area contributed by atoms with Crippen LogP contribution in [0.2, 0.25) is 0 Å². The normalized spacial score (nSPS) is 16.2.